The molecule has 32 heavy (non-hydrogen) atoms. The smallest absolute Gasteiger partial charge is 0.335 e. The Morgan fingerprint density at radius 1 is 1.25 bits per heavy atom. The Bertz CT molecular complexity index is 870. The molecule has 174 valence electrons. The Kier molecular flexibility index (Phi) is 11.6. The topological polar surface area (TPSA) is 91.2 Å². The summed E-state index contributed by atoms with van der Waals surface area (Å²) in [6.07, 6.45) is 7.46. The molecule has 0 aliphatic rings. The molecule has 0 aliphatic carbocycles. The van der Waals surface area contributed by atoms with E-state index in [9.17, 15) is 9.59 Å². The molecule has 1 aromatic carbocycles. The van der Waals surface area contributed by atoms with E-state index in [-0.39, 0.29) is 24.7 Å². The molecule has 1 rings (SSSR count). The maximum absolute atomic E-state index is 12.6. The van der Waals surface area contributed by atoms with Gasteiger partial charge in [0.15, 0.2) is 6.73 Å². The zero-order chi connectivity index (χ0) is 24.1. The maximum atomic E-state index is 12.6. The number of hydrogen-bond donors (Lipinski definition) is 2. The monoisotopic (exact) mass is 441 g/mol. The van der Waals surface area contributed by atoms with E-state index in [1.807, 2.05) is 19.9 Å². The van der Waals surface area contributed by atoms with Gasteiger partial charge in [0.2, 0.25) is 5.91 Å². The molecule has 0 bridgehead atoms. The van der Waals surface area contributed by atoms with Crippen LogP contribution in [0, 0.1) is 5.92 Å². The molecule has 0 spiro atoms. The van der Waals surface area contributed by atoms with E-state index in [0.717, 1.165) is 29.7 Å². The second kappa shape index (κ2) is 13.9. The van der Waals surface area contributed by atoms with E-state index in [1.165, 1.54) is 12.1 Å². The molecule has 2 N–H and O–H groups in total. The van der Waals surface area contributed by atoms with Gasteiger partial charge >= 0.3 is 5.97 Å². The Balaban J connectivity index is 2.68. The van der Waals surface area contributed by atoms with E-state index in [1.54, 1.807) is 37.2 Å². The van der Waals surface area contributed by atoms with Gasteiger partial charge in [-0.3, -0.25) is 9.80 Å². The average Bonchev–Trinajstić information content (AvgIpc) is 2.76. The fraction of sp³-hybridized carbons (Fsp3) is 0.400. The molecule has 7 nitrogen and oxygen atoms in total. The molecule has 0 aliphatic heterocycles. The first-order valence-electron chi connectivity index (χ1n) is 10.7. The third-order valence-electron chi connectivity index (χ3n) is 4.66. The fourth-order valence-corrected chi connectivity index (χ4v) is 2.95. The number of benzene rings is 1. The zero-order valence-electron chi connectivity index (χ0n) is 19.7. The van der Waals surface area contributed by atoms with Crippen molar-refractivity contribution in [1.29, 1.82) is 0 Å². The zero-order valence-corrected chi connectivity index (χ0v) is 19.7. The van der Waals surface area contributed by atoms with Crippen molar-refractivity contribution in [2.24, 2.45) is 11.0 Å². The molecule has 1 unspecified atom stereocenters. The van der Waals surface area contributed by atoms with Crippen LogP contribution >= 0.6 is 0 Å². The minimum Gasteiger partial charge on any atom is -0.478 e. The van der Waals surface area contributed by atoms with Crippen molar-refractivity contribution in [2.75, 3.05) is 13.8 Å². The lowest BCUT2D eigenvalue weighted by Gasteiger charge is -2.19. The molecule has 1 aromatic rings. The highest BCUT2D eigenvalue weighted by molar-refractivity contribution is 6.04. The summed E-state index contributed by atoms with van der Waals surface area (Å²) in [7, 11) is 1.79. The van der Waals surface area contributed by atoms with E-state index < -0.39 is 11.9 Å². The van der Waals surface area contributed by atoms with Gasteiger partial charge in [0.1, 0.15) is 0 Å². The number of carboxylic acids is 1. The quantitative estimate of drug-likeness (QED) is 0.115. The maximum Gasteiger partial charge on any atom is 0.335 e. The van der Waals surface area contributed by atoms with Crippen LogP contribution in [0.4, 0.5) is 0 Å². The van der Waals surface area contributed by atoms with E-state index in [4.69, 9.17) is 9.84 Å². The highest BCUT2D eigenvalue weighted by Crippen LogP contribution is 2.11. The summed E-state index contributed by atoms with van der Waals surface area (Å²) in [6.45, 7) is 12.3. The fourth-order valence-electron chi connectivity index (χ4n) is 2.95. The largest absolute Gasteiger partial charge is 0.478 e. The van der Waals surface area contributed by atoms with Gasteiger partial charge < -0.3 is 15.2 Å². The number of rotatable bonds is 13. The van der Waals surface area contributed by atoms with Gasteiger partial charge in [-0.05, 0) is 44.0 Å². The molecule has 0 heterocycles. The van der Waals surface area contributed by atoms with Crippen LogP contribution in [0.5, 0.6) is 0 Å². The second-order valence-electron chi connectivity index (χ2n) is 7.43. The molecule has 0 fully saturated rings. The summed E-state index contributed by atoms with van der Waals surface area (Å²) in [5.74, 6) is -0.931. The predicted octanol–water partition coefficient (Wildman–Crippen LogP) is 4.74. The summed E-state index contributed by atoms with van der Waals surface area (Å²) in [4.78, 5) is 23.6. The van der Waals surface area contributed by atoms with Gasteiger partial charge in [0.25, 0.3) is 0 Å². The highest BCUT2D eigenvalue weighted by atomic mass is 16.5. The molecule has 0 radical (unpaired) electrons. The van der Waals surface area contributed by atoms with Crippen molar-refractivity contribution in [1.82, 2.24) is 10.3 Å². The Hall–Kier alpha value is -3.35. The van der Waals surface area contributed by atoms with Gasteiger partial charge in [-0.1, -0.05) is 43.7 Å². The number of hydrazone groups is 1. The molecule has 0 saturated heterocycles. The number of carbonyl (C=O) groups is 2. The van der Waals surface area contributed by atoms with Crippen LogP contribution in [0.1, 0.15) is 56.5 Å². The SMILES string of the molecule is C=CC(C(=O)NCc1ccc(C(=O)O)cc1)/C(C)=N\N(C)CO/C(=C/C(C)=C\CC)CC. The number of ether oxygens (including phenoxy) is 1. The first kappa shape index (κ1) is 26.7. The van der Waals surface area contributed by atoms with Gasteiger partial charge in [0.05, 0.1) is 23.0 Å². The van der Waals surface area contributed by atoms with E-state index >= 15 is 0 Å². The number of nitrogens with one attached hydrogen (secondary N) is 1. The summed E-state index contributed by atoms with van der Waals surface area (Å²) in [5.41, 5.74) is 2.76. The second-order valence-corrected chi connectivity index (χ2v) is 7.43. The van der Waals surface area contributed by atoms with Crippen LogP contribution in [0.15, 0.2) is 65.5 Å². The van der Waals surface area contributed by atoms with Crippen LogP contribution in [0.2, 0.25) is 0 Å². The molecule has 0 saturated carbocycles. The lowest BCUT2D eigenvalue weighted by molar-refractivity contribution is -0.122. The van der Waals surface area contributed by atoms with Gasteiger partial charge in [-0.25, -0.2) is 4.79 Å². The number of allylic oxidation sites excluding steroid dienone is 4. The summed E-state index contributed by atoms with van der Waals surface area (Å²) in [6, 6.07) is 6.37. The normalized spacial score (nSPS) is 13.3. The van der Waals surface area contributed by atoms with Gasteiger partial charge in [-0.2, -0.15) is 5.10 Å². The lowest BCUT2D eigenvalue weighted by Crippen LogP contribution is -2.34. The molecular weight excluding hydrogens is 406 g/mol. The Labute approximate surface area is 191 Å². The summed E-state index contributed by atoms with van der Waals surface area (Å²) in [5, 5.41) is 17.9. The number of carbonyl (C=O) groups excluding carboxylic acids is 1. The standard InChI is InChI=1S/C25H35N3O4/c1-7-10-18(4)15-22(8-2)32-17-28(6)27-19(5)23(9-3)24(29)26-16-20-11-13-21(14-12-20)25(30)31/h9-15,23H,3,7-8,16-17H2,1-2,4-6H3,(H,26,29)(H,30,31)/b18-10-,22-15+,27-19-. The first-order chi connectivity index (χ1) is 15.2. The number of amides is 1. The molecule has 0 aromatic heterocycles. The number of nitrogens with zero attached hydrogens (tertiary/aromatic N) is 2. The highest BCUT2D eigenvalue weighted by Gasteiger charge is 2.18. The van der Waals surface area contributed by atoms with Crippen LogP contribution in [-0.4, -0.2) is 41.5 Å². The molecule has 1 atom stereocenters. The third kappa shape index (κ3) is 9.20. The van der Waals surface area contributed by atoms with Gasteiger partial charge in [-0.15, -0.1) is 6.58 Å². The molecular formula is C25H35N3O4. The lowest BCUT2D eigenvalue weighted by atomic mass is 10.0. The van der Waals surface area contributed by atoms with Crippen molar-refractivity contribution < 1.29 is 19.4 Å². The third-order valence-corrected chi connectivity index (χ3v) is 4.66. The van der Waals surface area contributed by atoms with Crippen LogP contribution in [0.3, 0.4) is 0 Å². The van der Waals surface area contributed by atoms with Crippen molar-refractivity contribution in [3.8, 4) is 0 Å². The van der Waals surface area contributed by atoms with Crippen LogP contribution in [-0.2, 0) is 16.1 Å². The molecule has 7 heteroatoms. The van der Waals surface area contributed by atoms with Crippen molar-refractivity contribution in [3.05, 3.63) is 71.5 Å². The van der Waals surface area contributed by atoms with Crippen molar-refractivity contribution in [3.63, 3.8) is 0 Å². The number of aromatic carboxylic acids is 1. The summed E-state index contributed by atoms with van der Waals surface area (Å²) < 4.78 is 5.85. The Morgan fingerprint density at radius 2 is 1.91 bits per heavy atom. The molecule has 1 amide bonds. The van der Waals surface area contributed by atoms with Gasteiger partial charge in [0, 0.05) is 20.0 Å². The summed E-state index contributed by atoms with van der Waals surface area (Å²) >= 11 is 0. The Morgan fingerprint density at radius 3 is 2.44 bits per heavy atom. The van der Waals surface area contributed by atoms with Crippen molar-refractivity contribution >= 4 is 17.6 Å². The first-order valence-corrected chi connectivity index (χ1v) is 10.7. The van der Waals surface area contributed by atoms with E-state index in [2.05, 4.69) is 30.0 Å². The minimum atomic E-state index is -0.985. The minimum absolute atomic E-state index is 0.204. The average molecular weight is 442 g/mol. The van der Waals surface area contributed by atoms with Crippen molar-refractivity contribution in [2.45, 2.75) is 47.1 Å². The van der Waals surface area contributed by atoms with E-state index in [0.29, 0.717) is 5.71 Å². The number of carboxylic acid groups (broad SMARTS) is 1. The predicted molar refractivity (Wildman–Crippen MR) is 128 cm³/mol. The van der Waals surface area contributed by atoms with Crippen LogP contribution < -0.4 is 5.32 Å². The van der Waals surface area contributed by atoms with Crippen LogP contribution in [0.25, 0.3) is 0 Å². The number of hydrogen-bond acceptors (Lipinski definition) is 5.